The summed E-state index contributed by atoms with van der Waals surface area (Å²) in [6, 6.07) is -0.128. The third kappa shape index (κ3) is 3.52. The fourth-order valence-corrected chi connectivity index (χ4v) is 2.80. The smallest absolute Gasteiger partial charge is 0.319 e. The van der Waals surface area contributed by atoms with Gasteiger partial charge in [-0.2, -0.15) is 10.2 Å². The Morgan fingerprint density at radius 3 is 3.13 bits per heavy atom. The molecule has 2 aromatic rings. The maximum atomic E-state index is 12.2. The van der Waals surface area contributed by atoms with Crippen molar-refractivity contribution in [1.82, 2.24) is 29.9 Å². The Morgan fingerprint density at radius 1 is 1.43 bits per heavy atom. The molecule has 124 valence electrons. The first-order valence-corrected chi connectivity index (χ1v) is 8.14. The normalized spacial score (nSPS) is 16.9. The maximum absolute atomic E-state index is 12.2. The first-order chi connectivity index (χ1) is 11.2. The van der Waals surface area contributed by atoms with E-state index in [0.29, 0.717) is 6.54 Å². The minimum absolute atomic E-state index is 0.0691. The van der Waals surface area contributed by atoms with Crippen LogP contribution in [0.4, 0.5) is 10.5 Å². The van der Waals surface area contributed by atoms with Crippen LogP contribution in [0.5, 0.6) is 0 Å². The van der Waals surface area contributed by atoms with Crippen LogP contribution in [-0.4, -0.2) is 36.6 Å². The molecule has 1 aliphatic heterocycles. The first-order valence-electron chi connectivity index (χ1n) is 8.14. The lowest BCUT2D eigenvalue weighted by Gasteiger charge is -2.23. The van der Waals surface area contributed by atoms with Crippen molar-refractivity contribution < 1.29 is 4.79 Å². The van der Waals surface area contributed by atoms with Gasteiger partial charge in [-0.25, -0.2) is 14.5 Å². The number of nitrogens with zero attached hydrogens (tertiary/aromatic N) is 5. The van der Waals surface area contributed by atoms with Crippen LogP contribution in [0.3, 0.4) is 0 Å². The highest BCUT2D eigenvalue weighted by atomic mass is 16.2. The van der Waals surface area contributed by atoms with Gasteiger partial charge in [-0.3, -0.25) is 4.68 Å². The quantitative estimate of drug-likeness (QED) is 0.878. The average Bonchev–Trinajstić information content (AvgIpc) is 3.13. The Labute approximate surface area is 135 Å². The van der Waals surface area contributed by atoms with Gasteiger partial charge < -0.3 is 10.6 Å². The van der Waals surface area contributed by atoms with Crippen LogP contribution < -0.4 is 10.6 Å². The van der Waals surface area contributed by atoms with Crippen LogP contribution >= 0.6 is 0 Å². The van der Waals surface area contributed by atoms with Crippen molar-refractivity contribution in [2.75, 3.05) is 5.32 Å². The van der Waals surface area contributed by atoms with E-state index in [-0.39, 0.29) is 12.1 Å². The summed E-state index contributed by atoms with van der Waals surface area (Å²) in [5.41, 5.74) is 1.74. The number of nitrogens with one attached hydrogen (secondary N) is 2. The Bertz CT molecular complexity index is 675. The minimum atomic E-state index is -0.197. The zero-order valence-corrected chi connectivity index (χ0v) is 13.6. The lowest BCUT2D eigenvalue weighted by molar-refractivity contribution is 0.243. The second kappa shape index (κ2) is 6.80. The highest BCUT2D eigenvalue weighted by Gasteiger charge is 2.21. The molecule has 23 heavy (non-hydrogen) atoms. The van der Waals surface area contributed by atoms with E-state index in [9.17, 15) is 4.79 Å². The predicted octanol–water partition coefficient (Wildman–Crippen LogP) is 1.72. The minimum Gasteiger partial charge on any atom is -0.333 e. The molecule has 0 spiro atoms. The molecule has 3 rings (SSSR count). The van der Waals surface area contributed by atoms with Gasteiger partial charge in [0.05, 0.1) is 30.2 Å². The average molecular weight is 317 g/mol. The molecule has 1 atom stereocenters. The first kappa shape index (κ1) is 15.5. The molecule has 2 N–H and O–H groups in total. The van der Waals surface area contributed by atoms with E-state index >= 15 is 0 Å². The molecule has 1 aliphatic rings. The zero-order valence-electron chi connectivity index (χ0n) is 13.6. The number of carbonyl (C=O) groups excluding carboxylic acids is 1. The second-order valence-electron chi connectivity index (χ2n) is 5.91. The third-order valence-corrected chi connectivity index (χ3v) is 4.22. The van der Waals surface area contributed by atoms with Gasteiger partial charge >= 0.3 is 6.03 Å². The summed E-state index contributed by atoms with van der Waals surface area (Å²) in [7, 11) is 0. The molecule has 0 bridgehead atoms. The van der Waals surface area contributed by atoms with Gasteiger partial charge in [0.1, 0.15) is 12.2 Å². The van der Waals surface area contributed by atoms with E-state index in [2.05, 4.69) is 32.7 Å². The predicted molar refractivity (Wildman–Crippen MR) is 86.2 cm³/mol. The largest absolute Gasteiger partial charge is 0.333 e. The molecule has 0 radical (unpaired) electrons. The van der Waals surface area contributed by atoms with Crippen molar-refractivity contribution in [1.29, 1.82) is 0 Å². The number of aryl methyl sites for hydroxylation is 2. The molecular formula is C15H23N7O. The van der Waals surface area contributed by atoms with Crippen molar-refractivity contribution in [3.05, 3.63) is 24.0 Å². The summed E-state index contributed by atoms with van der Waals surface area (Å²) >= 11 is 0. The lowest BCUT2D eigenvalue weighted by Crippen LogP contribution is -2.43. The Morgan fingerprint density at radius 2 is 2.30 bits per heavy atom. The standard InChI is InChI=1S/C15H23N7O/c1-3-4-7-21-11(2)13(8-17-21)20-15(23)19-12-5-6-14-16-10-18-22(14)9-12/h8,10,12H,3-7,9H2,1-2H3,(H2,19,20,23). The number of urea groups is 1. The molecule has 0 aliphatic carbocycles. The highest BCUT2D eigenvalue weighted by Crippen LogP contribution is 2.15. The van der Waals surface area contributed by atoms with Crippen molar-refractivity contribution in [3.8, 4) is 0 Å². The molecule has 0 fully saturated rings. The van der Waals surface area contributed by atoms with Crippen LogP contribution in [0.1, 0.15) is 37.7 Å². The number of aromatic nitrogens is 5. The number of fused-ring (bicyclic) bond motifs is 1. The molecule has 1 unspecified atom stereocenters. The summed E-state index contributed by atoms with van der Waals surface area (Å²) in [4.78, 5) is 16.4. The summed E-state index contributed by atoms with van der Waals surface area (Å²) in [5, 5.41) is 14.4. The van der Waals surface area contributed by atoms with Gasteiger partial charge in [0.2, 0.25) is 0 Å². The molecule has 2 amide bonds. The summed E-state index contributed by atoms with van der Waals surface area (Å²) in [5.74, 6) is 0.983. The molecule has 0 saturated carbocycles. The zero-order chi connectivity index (χ0) is 16.2. The molecular weight excluding hydrogens is 294 g/mol. The maximum Gasteiger partial charge on any atom is 0.319 e. The fourth-order valence-electron chi connectivity index (χ4n) is 2.80. The van der Waals surface area contributed by atoms with Gasteiger partial charge in [-0.05, 0) is 19.8 Å². The van der Waals surface area contributed by atoms with Crippen LogP contribution in [0.2, 0.25) is 0 Å². The number of hydrogen-bond acceptors (Lipinski definition) is 4. The van der Waals surface area contributed by atoms with Crippen LogP contribution in [0.15, 0.2) is 12.5 Å². The number of hydrogen-bond donors (Lipinski definition) is 2. The van der Waals surface area contributed by atoms with E-state index < -0.39 is 0 Å². The van der Waals surface area contributed by atoms with Gasteiger partial charge in [0.25, 0.3) is 0 Å². The van der Waals surface area contributed by atoms with Crippen LogP contribution in [-0.2, 0) is 19.5 Å². The van der Waals surface area contributed by atoms with E-state index in [4.69, 9.17) is 0 Å². The van der Waals surface area contributed by atoms with E-state index in [1.165, 1.54) is 0 Å². The summed E-state index contributed by atoms with van der Waals surface area (Å²) in [6.45, 7) is 5.66. The SMILES string of the molecule is CCCCn1ncc(NC(=O)NC2CCc3ncnn3C2)c1C. The molecule has 2 aromatic heterocycles. The molecule has 0 aromatic carbocycles. The number of amides is 2. The Balaban J connectivity index is 1.55. The molecule has 8 nitrogen and oxygen atoms in total. The molecule has 8 heteroatoms. The Hall–Kier alpha value is -2.38. The van der Waals surface area contributed by atoms with Crippen LogP contribution in [0, 0.1) is 6.92 Å². The van der Waals surface area contributed by atoms with Crippen molar-refractivity contribution in [2.24, 2.45) is 0 Å². The van der Waals surface area contributed by atoms with E-state index in [0.717, 1.165) is 49.4 Å². The number of rotatable bonds is 5. The van der Waals surface area contributed by atoms with Gasteiger partial charge in [-0.15, -0.1) is 0 Å². The second-order valence-corrected chi connectivity index (χ2v) is 5.91. The van der Waals surface area contributed by atoms with Gasteiger partial charge in [0.15, 0.2) is 0 Å². The van der Waals surface area contributed by atoms with Crippen molar-refractivity contribution >= 4 is 11.7 Å². The summed E-state index contributed by atoms with van der Waals surface area (Å²) < 4.78 is 3.78. The summed E-state index contributed by atoms with van der Waals surface area (Å²) in [6.07, 6.45) is 7.18. The highest BCUT2D eigenvalue weighted by molar-refractivity contribution is 5.89. The Kier molecular flexibility index (Phi) is 4.59. The number of unbranched alkanes of at least 4 members (excludes halogenated alkanes) is 1. The van der Waals surface area contributed by atoms with Crippen molar-refractivity contribution in [3.63, 3.8) is 0 Å². The third-order valence-electron chi connectivity index (χ3n) is 4.22. The van der Waals surface area contributed by atoms with Gasteiger partial charge in [0, 0.05) is 13.0 Å². The fraction of sp³-hybridized carbons (Fsp3) is 0.600. The molecule has 3 heterocycles. The van der Waals surface area contributed by atoms with Gasteiger partial charge in [-0.1, -0.05) is 13.3 Å². The van der Waals surface area contributed by atoms with E-state index in [1.54, 1.807) is 12.5 Å². The van der Waals surface area contributed by atoms with Crippen molar-refractivity contribution in [2.45, 2.75) is 58.7 Å². The number of anilines is 1. The van der Waals surface area contributed by atoms with E-state index in [1.807, 2.05) is 16.3 Å². The number of carbonyl (C=O) groups is 1. The monoisotopic (exact) mass is 317 g/mol. The topological polar surface area (TPSA) is 89.7 Å². The lowest BCUT2D eigenvalue weighted by atomic mass is 10.1. The molecule has 0 saturated heterocycles. The van der Waals surface area contributed by atoms with Crippen LogP contribution in [0.25, 0.3) is 0 Å².